The number of amides is 1. The topological polar surface area (TPSA) is 29.5 Å². The molecule has 104 valence electrons. The minimum Gasteiger partial charge on any atom is -0.432 e. The van der Waals surface area contributed by atoms with Crippen LogP contribution in [0.3, 0.4) is 0 Å². The average molecular weight is 338 g/mol. The fourth-order valence-corrected chi connectivity index (χ4v) is 2.45. The summed E-state index contributed by atoms with van der Waals surface area (Å²) in [6.45, 7) is -2.67. The Morgan fingerprint density at radius 2 is 2.21 bits per heavy atom. The normalized spacial score (nSPS) is 19.3. The SMILES string of the molecule is O=C1CC(CBr)CN1c1ccc(F)cc1OC(F)F. The Hall–Kier alpha value is -1.24. The van der Waals surface area contributed by atoms with Crippen LogP contribution in [0.2, 0.25) is 0 Å². The van der Waals surface area contributed by atoms with Gasteiger partial charge in [-0.15, -0.1) is 0 Å². The second-order valence-corrected chi connectivity index (χ2v) is 4.87. The first-order chi connectivity index (χ1) is 9.01. The smallest absolute Gasteiger partial charge is 0.387 e. The lowest BCUT2D eigenvalue weighted by Gasteiger charge is -2.20. The van der Waals surface area contributed by atoms with Gasteiger partial charge < -0.3 is 9.64 Å². The van der Waals surface area contributed by atoms with Gasteiger partial charge in [0, 0.05) is 24.4 Å². The van der Waals surface area contributed by atoms with E-state index in [4.69, 9.17) is 0 Å². The van der Waals surface area contributed by atoms with E-state index in [0.29, 0.717) is 18.3 Å². The van der Waals surface area contributed by atoms with Crippen molar-refractivity contribution in [2.45, 2.75) is 13.0 Å². The van der Waals surface area contributed by atoms with Crippen LogP contribution in [-0.2, 0) is 4.79 Å². The van der Waals surface area contributed by atoms with Crippen molar-refractivity contribution in [2.24, 2.45) is 5.92 Å². The van der Waals surface area contributed by atoms with Crippen LogP contribution in [0.25, 0.3) is 0 Å². The molecule has 0 saturated carbocycles. The van der Waals surface area contributed by atoms with Crippen LogP contribution in [0.15, 0.2) is 18.2 Å². The fourth-order valence-electron chi connectivity index (χ4n) is 2.02. The van der Waals surface area contributed by atoms with E-state index in [1.165, 1.54) is 11.0 Å². The summed E-state index contributed by atoms with van der Waals surface area (Å²) >= 11 is 3.28. The molecule has 19 heavy (non-hydrogen) atoms. The summed E-state index contributed by atoms with van der Waals surface area (Å²) in [5.41, 5.74) is 0.176. The molecule has 7 heteroatoms. The lowest BCUT2D eigenvalue weighted by molar-refractivity contribution is -0.117. The zero-order chi connectivity index (χ0) is 14.0. The lowest BCUT2D eigenvalue weighted by Crippen LogP contribution is -2.25. The standard InChI is InChI=1S/C12H11BrF3NO2/c13-5-7-3-11(18)17(6-7)9-2-1-8(14)4-10(9)19-12(15)16/h1-2,4,7,12H,3,5-6H2. The molecule has 1 amide bonds. The number of hydrogen-bond acceptors (Lipinski definition) is 2. The predicted octanol–water partition coefficient (Wildman–Crippen LogP) is 3.17. The molecule has 1 atom stereocenters. The van der Waals surface area contributed by atoms with Gasteiger partial charge in [-0.1, -0.05) is 15.9 Å². The van der Waals surface area contributed by atoms with Crippen LogP contribution in [0.4, 0.5) is 18.9 Å². The van der Waals surface area contributed by atoms with Crippen molar-refractivity contribution in [3.05, 3.63) is 24.0 Å². The Bertz CT molecular complexity index is 484. The van der Waals surface area contributed by atoms with Crippen LogP contribution in [0.1, 0.15) is 6.42 Å². The minimum atomic E-state index is -3.06. The quantitative estimate of drug-likeness (QED) is 0.790. The molecule has 0 N–H and O–H groups in total. The Balaban J connectivity index is 2.31. The number of alkyl halides is 3. The number of carbonyl (C=O) groups is 1. The molecule has 1 aliphatic heterocycles. The molecule has 1 aromatic carbocycles. The van der Waals surface area contributed by atoms with Crippen LogP contribution in [0, 0.1) is 11.7 Å². The van der Waals surface area contributed by atoms with Crippen molar-refractivity contribution in [2.75, 3.05) is 16.8 Å². The van der Waals surface area contributed by atoms with Gasteiger partial charge in [-0.2, -0.15) is 8.78 Å². The summed E-state index contributed by atoms with van der Waals surface area (Å²) in [6.07, 6.45) is 0.330. The maximum atomic E-state index is 13.1. The number of carbonyl (C=O) groups excluding carboxylic acids is 1. The number of hydrogen-bond donors (Lipinski definition) is 0. The number of nitrogens with zero attached hydrogens (tertiary/aromatic N) is 1. The van der Waals surface area contributed by atoms with Crippen LogP contribution in [0.5, 0.6) is 5.75 Å². The summed E-state index contributed by atoms with van der Waals surface area (Å²) in [6, 6.07) is 3.25. The molecule has 0 spiro atoms. The maximum absolute atomic E-state index is 13.1. The molecular weight excluding hydrogens is 327 g/mol. The van der Waals surface area contributed by atoms with E-state index >= 15 is 0 Å². The third-order valence-electron chi connectivity index (χ3n) is 2.85. The van der Waals surface area contributed by atoms with Gasteiger partial charge in [0.1, 0.15) is 5.82 Å². The first kappa shape index (κ1) is 14.2. The van der Waals surface area contributed by atoms with Crippen molar-refractivity contribution in [3.63, 3.8) is 0 Å². The summed E-state index contributed by atoms with van der Waals surface area (Å²) in [7, 11) is 0. The Morgan fingerprint density at radius 1 is 1.47 bits per heavy atom. The number of halogens is 4. The molecule has 1 unspecified atom stereocenters. The van der Waals surface area contributed by atoms with Crippen molar-refractivity contribution in [3.8, 4) is 5.75 Å². The molecular formula is C12H11BrF3NO2. The second kappa shape index (κ2) is 5.81. The van der Waals surface area contributed by atoms with Crippen LogP contribution in [-0.4, -0.2) is 24.4 Å². The number of anilines is 1. The Labute approximate surface area is 116 Å². The molecule has 1 aromatic rings. The van der Waals surface area contributed by atoms with Gasteiger partial charge >= 0.3 is 6.61 Å². The summed E-state index contributed by atoms with van der Waals surface area (Å²) in [5.74, 6) is -1.09. The van der Waals surface area contributed by atoms with Crippen molar-refractivity contribution in [1.82, 2.24) is 0 Å². The molecule has 3 nitrogen and oxygen atoms in total. The largest absolute Gasteiger partial charge is 0.432 e. The number of ether oxygens (including phenoxy) is 1. The third kappa shape index (κ3) is 3.20. The molecule has 1 heterocycles. The van der Waals surface area contributed by atoms with Gasteiger partial charge in [0.15, 0.2) is 5.75 Å². The first-order valence-electron chi connectivity index (χ1n) is 5.62. The highest BCUT2D eigenvalue weighted by molar-refractivity contribution is 9.09. The molecule has 1 aliphatic rings. The minimum absolute atomic E-state index is 0.108. The monoisotopic (exact) mass is 337 g/mol. The van der Waals surface area contributed by atoms with Gasteiger partial charge in [-0.25, -0.2) is 4.39 Å². The highest BCUT2D eigenvalue weighted by atomic mass is 79.9. The molecule has 0 radical (unpaired) electrons. The molecule has 0 bridgehead atoms. The van der Waals surface area contributed by atoms with Crippen molar-refractivity contribution >= 4 is 27.5 Å². The van der Waals surface area contributed by atoms with Crippen molar-refractivity contribution < 1.29 is 22.7 Å². The van der Waals surface area contributed by atoms with Gasteiger partial charge in [-0.3, -0.25) is 4.79 Å². The Morgan fingerprint density at radius 3 is 2.79 bits per heavy atom. The zero-order valence-electron chi connectivity index (χ0n) is 9.78. The van der Waals surface area contributed by atoms with E-state index in [1.807, 2.05) is 0 Å². The van der Waals surface area contributed by atoms with E-state index in [9.17, 15) is 18.0 Å². The summed E-state index contributed by atoms with van der Waals surface area (Å²) in [4.78, 5) is 13.2. The third-order valence-corrected chi connectivity index (χ3v) is 3.77. The van der Waals surface area contributed by atoms with E-state index in [-0.39, 0.29) is 23.3 Å². The summed E-state index contributed by atoms with van der Waals surface area (Å²) in [5, 5.41) is 0.640. The van der Waals surface area contributed by atoms with Crippen LogP contribution >= 0.6 is 15.9 Å². The second-order valence-electron chi connectivity index (χ2n) is 4.22. The van der Waals surface area contributed by atoms with Gasteiger partial charge in [0.05, 0.1) is 5.69 Å². The first-order valence-corrected chi connectivity index (χ1v) is 6.74. The van der Waals surface area contributed by atoms with E-state index < -0.39 is 12.4 Å². The lowest BCUT2D eigenvalue weighted by atomic mass is 10.2. The van der Waals surface area contributed by atoms with Gasteiger partial charge in [-0.05, 0) is 18.1 Å². The highest BCUT2D eigenvalue weighted by Crippen LogP contribution is 2.34. The molecule has 0 aromatic heterocycles. The molecule has 2 rings (SSSR count). The highest BCUT2D eigenvalue weighted by Gasteiger charge is 2.32. The van der Waals surface area contributed by atoms with Gasteiger partial charge in [0.25, 0.3) is 0 Å². The van der Waals surface area contributed by atoms with Gasteiger partial charge in [0.2, 0.25) is 5.91 Å². The maximum Gasteiger partial charge on any atom is 0.387 e. The average Bonchev–Trinajstić information content (AvgIpc) is 2.70. The zero-order valence-corrected chi connectivity index (χ0v) is 11.4. The molecule has 1 saturated heterocycles. The Kier molecular flexibility index (Phi) is 4.34. The number of rotatable bonds is 4. The summed E-state index contributed by atoms with van der Waals surface area (Å²) < 4.78 is 42.0. The predicted molar refractivity (Wildman–Crippen MR) is 67.3 cm³/mol. The molecule has 1 fully saturated rings. The fraction of sp³-hybridized carbons (Fsp3) is 0.417. The molecule has 0 aliphatic carbocycles. The van der Waals surface area contributed by atoms with Crippen molar-refractivity contribution in [1.29, 1.82) is 0 Å². The van der Waals surface area contributed by atoms with E-state index in [0.717, 1.165) is 12.1 Å². The number of benzene rings is 1. The van der Waals surface area contributed by atoms with E-state index in [1.54, 1.807) is 0 Å². The van der Waals surface area contributed by atoms with E-state index in [2.05, 4.69) is 20.7 Å². The van der Waals surface area contributed by atoms with Crippen LogP contribution < -0.4 is 9.64 Å².